The van der Waals surface area contributed by atoms with E-state index < -0.39 is 34.8 Å². The van der Waals surface area contributed by atoms with Crippen molar-refractivity contribution < 1.29 is 35.9 Å². The molecule has 190 valence electrons. The van der Waals surface area contributed by atoms with Gasteiger partial charge in [0.2, 0.25) is 0 Å². The minimum atomic E-state index is -4.84. The molecule has 2 rings (SSSR count). The third kappa shape index (κ3) is 9.47. The maximum absolute atomic E-state index is 13.4. The molecule has 2 aromatic rings. The fraction of sp³-hybridized carbons (Fsp3) is 0.524. The van der Waals surface area contributed by atoms with Gasteiger partial charge in [-0.3, -0.25) is 4.79 Å². The van der Waals surface area contributed by atoms with Gasteiger partial charge in [-0.1, -0.05) is 12.1 Å². The lowest BCUT2D eigenvalue weighted by Gasteiger charge is -2.18. The number of rotatable bonds is 11. The van der Waals surface area contributed by atoms with Crippen molar-refractivity contribution >= 4 is 17.2 Å². The normalized spacial score (nSPS) is 12.4. The minimum absolute atomic E-state index is 0.0773. The van der Waals surface area contributed by atoms with Gasteiger partial charge in [0.1, 0.15) is 10.6 Å². The Morgan fingerprint density at radius 2 is 1.76 bits per heavy atom. The average molecular weight is 513 g/mol. The first-order valence-corrected chi connectivity index (χ1v) is 11.1. The molecular formula is C21H26F6N4O2S. The molecule has 0 unspecified atom stereocenters. The Morgan fingerprint density at radius 1 is 1.06 bits per heavy atom. The van der Waals surface area contributed by atoms with Gasteiger partial charge in [-0.15, -0.1) is 24.5 Å². The van der Waals surface area contributed by atoms with E-state index >= 15 is 0 Å². The second-order valence-corrected chi connectivity index (χ2v) is 8.92. The van der Waals surface area contributed by atoms with Crippen molar-refractivity contribution in [1.82, 2.24) is 20.1 Å². The Hall–Kier alpha value is -2.38. The van der Waals surface area contributed by atoms with Crippen LogP contribution in [0.25, 0.3) is 0 Å². The summed E-state index contributed by atoms with van der Waals surface area (Å²) in [6.45, 7) is 1.93. The van der Waals surface area contributed by atoms with Crippen molar-refractivity contribution in [2.45, 2.75) is 25.4 Å². The molecule has 0 aliphatic heterocycles. The van der Waals surface area contributed by atoms with Crippen molar-refractivity contribution in [2.24, 2.45) is 0 Å². The molecular weight excluding hydrogens is 486 g/mol. The van der Waals surface area contributed by atoms with Gasteiger partial charge in [-0.25, -0.2) is 4.98 Å². The molecule has 6 nitrogen and oxygen atoms in total. The van der Waals surface area contributed by atoms with Gasteiger partial charge in [0.25, 0.3) is 5.91 Å². The van der Waals surface area contributed by atoms with E-state index in [0.29, 0.717) is 23.4 Å². The highest BCUT2D eigenvalue weighted by molar-refractivity contribution is 7.13. The second kappa shape index (κ2) is 11.8. The average Bonchev–Trinajstić information content (AvgIpc) is 3.15. The predicted octanol–water partition coefficient (Wildman–Crippen LogP) is 4.07. The molecule has 13 heteroatoms. The Bertz CT molecular complexity index is 946. The van der Waals surface area contributed by atoms with Crippen LogP contribution in [0.1, 0.15) is 25.9 Å². The van der Waals surface area contributed by atoms with Crippen LogP contribution in [-0.2, 0) is 19.0 Å². The van der Waals surface area contributed by atoms with E-state index in [4.69, 9.17) is 0 Å². The minimum Gasteiger partial charge on any atom is -0.406 e. The fourth-order valence-electron chi connectivity index (χ4n) is 2.89. The number of carbonyl (C=O) groups is 1. The SMILES string of the molecule is CN(C)CCN(C)CCc1nc(C(F)(F)F)c(C(=O)NCCc2cccc(OC(F)(F)F)c2)s1. The fourth-order valence-corrected chi connectivity index (χ4v) is 3.87. The van der Waals surface area contributed by atoms with E-state index in [1.807, 2.05) is 30.9 Å². The molecule has 1 aromatic carbocycles. The third-order valence-corrected chi connectivity index (χ3v) is 5.73. The zero-order valence-corrected chi connectivity index (χ0v) is 19.7. The number of aromatic nitrogens is 1. The van der Waals surface area contributed by atoms with Crippen LogP contribution in [-0.4, -0.2) is 74.4 Å². The molecule has 1 N–H and O–H groups in total. The number of amides is 1. The molecule has 0 spiro atoms. The van der Waals surface area contributed by atoms with Gasteiger partial charge >= 0.3 is 12.5 Å². The maximum atomic E-state index is 13.4. The summed E-state index contributed by atoms with van der Waals surface area (Å²) in [6, 6.07) is 5.15. The number of likely N-dealkylation sites (N-methyl/N-ethyl adjacent to an activating group) is 2. The van der Waals surface area contributed by atoms with Crippen molar-refractivity contribution in [3.63, 3.8) is 0 Å². The molecule has 1 amide bonds. The van der Waals surface area contributed by atoms with E-state index in [1.54, 1.807) is 0 Å². The van der Waals surface area contributed by atoms with Gasteiger partial charge in [-0.05, 0) is 45.3 Å². The first kappa shape index (κ1) is 27.9. The first-order valence-electron chi connectivity index (χ1n) is 10.3. The van der Waals surface area contributed by atoms with E-state index in [9.17, 15) is 31.1 Å². The Kier molecular flexibility index (Phi) is 9.71. The molecule has 0 radical (unpaired) electrons. The summed E-state index contributed by atoms with van der Waals surface area (Å²) >= 11 is 0.691. The number of hydrogen-bond donors (Lipinski definition) is 1. The molecule has 0 atom stereocenters. The Balaban J connectivity index is 1.99. The number of alkyl halides is 6. The molecule has 0 aliphatic carbocycles. The molecule has 0 saturated carbocycles. The first-order chi connectivity index (χ1) is 15.7. The van der Waals surface area contributed by atoms with Crippen LogP contribution in [0.4, 0.5) is 26.3 Å². The smallest absolute Gasteiger partial charge is 0.406 e. The molecule has 0 bridgehead atoms. The molecule has 1 aromatic heterocycles. The zero-order valence-electron chi connectivity index (χ0n) is 18.9. The molecule has 0 fully saturated rings. The monoisotopic (exact) mass is 512 g/mol. The van der Waals surface area contributed by atoms with Crippen LogP contribution in [0.15, 0.2) is 24.3 Å². The summed E-state index contributed by atoms with van der Waals surface area (Å²) in [6.07, 6.45) is -9.27. The lowest BCUT2D eigenvalue weighted by atomic mass is 10.1. The van der Waals surface area contributed by atoms with Crippen molar-refractivity contribution in [2.75, 3.05) is 47.3 Å². The summed E-state index contributed by atoms with van der Waals surface area (Å²) in [5.74, 6) is -1.35. The third-order valence-electron chi connectivity index (χ3n) is 4.61. The number of nitrogens with one attached hydrogen (secondary N) is 1. The highest BCUT2D eigenvalue weighted by Crippen LogP contribution is 2.34. The standard InChI is InChI=1S/C21H26F6N4O2S/c1-30(2)11-12-31(3)10-8-16-29-18(20(22,23)24)17(34-16)19(32)28-9-7-14-5-4-6-15(13-14)33-21(25,26)27/h4-6,13H,7-12H2,1-3H3,(H,28,32). The number of thiazole rings is 1. The van der Waals surface area contributed by atoms with Crippen LogP contribution in [0.2, 0.25) is 0 Å². The van der Waals surface area contributed by atoms with Gasteiger partial charge in [-0.2, -0.15) is 13.2 Å². The van der Waals surface area contributed by atoms with E-state index in [2.05, 4.69) is 15.0 Å². The highest BCUT2D eigenvalue weighted by Gasteiger charge is 2.39. The lowest BCUT2D eigenvalue weighted by molar-refractivity contribution is -0.274. The molecule has 0 saturated heterocycles. The zero-order chi connectivity index (χ0) is 25.5. The van der Waals surface area contributed by atoms with E-state index in [1.165, 1.54) is 12.1 Å². The quantitative estimate of drug-likeness (QED) is 0.460. The Morgan fingerprint density at radius 3 is 2.38 bits per heavy atom. The van der Waals surface area contributed by atoms with Crippen molar-refractivity contribution in [3.05, 3.63) is 45.4 Å². The maximum Gasteiger partial charge on any atom is 0.573 e. The molecule has 34 heavy (non-hydrogen) atoms. The van der Waals surface area contributed by atoms with E-state index in [-0.39, 0.29) is 24.4 Å². The lowest BCUT2D eigenvalue weighted by Crippen LogP contribution is -2.30. The van der Waals surface area contributed by atoms with Gasteiger partial charge in [0, 0.05) is 32.6 Å². The van der Waals surface area contributed by atoms with Gasteiger partial charge < -0.3 is 19.9 Å². The van der Waals surface area contributed by atoms with E-state index in [0.717, 1.165) is 25.2 Å². The number of benzene rings is 1. The van der Waals surface area contributed by atoms with Crippen LogP contribution in [0.3, 0.4) is 0 Å². The van der Waals surface area contributed by atoms with Gasteiger partial charge in [0.15, 0.2) is 5.69 Å². The van der Waals surface area contributed by atoms with Crippen LogP contribution >= 0.6 is 11.3 Å². The van der Waals surface area contributed by atoms with Crippen molar-refractivity contribution in [3.8, 4) is 5.75 Å². The summed E-state index contributed by atoms with van der Waals surface area (Å²) < 4.78 is 81.2. The second-order valence-electron chi connectivity index (χ2n) is 7.84. The van der Waals surface area contributed by atoms with Crippen LogP contribution < -0.4 is 10.1 Å². The largest absolute Gasteiger partial charge is 0.573 e. The summed E-state index contributed by atoms with van der Waals surface area (Å²) in [4.78, 5) is 19.5. The number of halogens is 6. The highest BCUT2D eigenvalue weighted by atomic mass is 32.1. The predicted molar refractivity (Wildman–Crippen MR) is 116 cm³/mol. The molecule has 0 aliphatic rings. The molecule has 1 heterocycles. The number of hydrogen-bond acceptors (Lipinski definition) is 6. The van der Waals surface area contributed by atoms with Gasteiger partial charge in [0.05, 0.1) is 5.01 Å². The Labute approximate surface area is 197 Å². The summed E-state index contributed by atoms with van der Waals surface area (Å²) in [5, 5.41) is 2.59. The number of ether oxygens (including phenoxy) is 1. The van der Waals surface area contributed by atoms with Crippen LogP contribution in [0, 0.1) is 0 Å². The van der Waals surface area contributed by atoms with Crippen LogP contribution in [0.5, 0.6) is 5.75 Å². The van der Waals surface area contributed by atoms with Crippen molar-refractivity contribution in [1.29, 1.82) is 0 Å². The summed E-state index contributed by atoms with van der Waals surface area (Å²) in [7, 11) is 5.69. The number of carbonyl (C=O) groups excluding carboxylic acids is 1. The summed E-state index contributed by atoms with van der Waals surface area (Å²) in [5.41, 5.74) is -0.814. The topological polar surface area (TPSA) is 57.7 Å². The number of nitrogens with zero attached hydrogens (tertiary/aromatic N) is 3.